The molecule has 2 aliphatic carbocycles. The molecule has 4 heteroatoms. The van der Waals surface area contributed by atoms with Gasteiger partial charge in [-0.15, -0.1) is 0 Å². The Morgan fingerprint density at radius 2 is 2.05 bits per heavy atom. The number of hydrogen-bond acceptors (Lipinski definition) is 3. The van der Waals surface area contributed by atoms with Crippen LogP contribution in [0.1, 0.15) is 45.4 Å². The molecule has 3 aliphatic rings. The molecule has 1 saturated heterocycles. The van der Waals surface area contributed by atoms with Crippen LogP contribution in [0.5, 0.6) is 0 Å². The third-order valence-corrected chi connectivity index (χ3v) is 5.24. The summed E-state index contributed by atoms with van der Waals surface area (Å²) in [6.07, 6.45) is 7.83. The van der Waals surface area contributed by atoms with Crippen LogP contribution in [-0.4, -0.2) is 37.2 Å². The van der Waals surface area contributed by atoms with Crippen molar-refractivity contribution in [2.24, 2.45) is 11.8 Å². The molecule has 0 bridgehead atoms. The SMILES string of the molecule is C[C@H]1OCCN[C@@H]1C(=O)NC1CCC2CCCC2C1. The van der Waals surface area contributed by atoms with E-state index in [0.29, 0.717) is 12.6 Å². The number of nitrogens with one attached hydrogen (secondary N) is 2. The quantitative estimate of drug-likeness (QED) is 0.795. The number of amides is 1. The predicted molar refractivity (Wildman–Crippen MR) is 73.8 cm³/mol. The number of fused-ring (bicyclic) bond motifs is 1. The first kappa shape index (κ1) is 13.4. The molecule has 2 saturated carbocycles. The lowest BCUT2D eigenvalue weighted by atomic mass is 9.79. The maximum absolute atomic E-state index is 12.3. The molecule has 1 heterocycles. The van der Waals surface area contributed by atoms with Crippen LogP contribution in [0.4, 0.5) is 0 Å². The monoisotopic (exact) mass is 266 g/mol. The van der Waals surface area contributed by atoms with E-state index in [1.165, 1.54) is 32.1 Å². The Labute approximate surface area is 115 Å². The van der Waals surface area contributed by atoms with E-state index in [1.807, 2.05) is 6.92 Å². The molecule has 3 rings (SSSR count). The number of carbonyl (C=O) groups is 1. The van der Waals surface area contributed by atoms with Crippen molar-refractivity contribution < 1.29 is 9.53 Å². The van der Waals surface area contributed by atoms with Crippen molar-refractivity contribution in [3.05, 3.63) is 0 Å². The molecule has 19 heavy (non-hydrogen) atoms. The maximum Gasteiger partial charge on any atom is 0.240 e. The molecule has 0 aromatic carbocycles. The molecule has 0 radical (unpaired) electrons. The van der Waals surface area contributed by atoms with Crippen LogP contribution < -0.4 is 10.6 Å². The molecule has 4 nitrogen and oxygen atoms in total. The summed E-state index contributed by atoms with van der Waals surface area (Å²) in [5.41, 5.74) is 0. The number of carbonyl (C=O) groups excluding carboxylic acids is 1. The number of morpholine rings is 1. The van der Waals surface area contributed by atoms with Gasteiger partial charge in [0.2, 0.25) is 5.91 Å². The van der Waals surface area contributed by atoms with Gasteiger partial charge in [-0.1, -0.05) is 19.3 Å². The average molecular weight is 266 g/mol. The van der Waals surface area contributed by atoms with E-state index in [2.05, 4.69) is 10.6 Å². The Balaban J connectivity index is 1.51. The van der Waals surface area contributed by atoms with Crippen LogP contribution in [-0.2, 0) is 9.53 Å². The Morgan fingerprint density at radius 1 is 1.21 bits per heavy atom. The van der Waals surface area contributed by atoms with Crippen LogP contribution >= 0.6 is 0 Å². The molecule has 2 N–H and O–H groups in total. The third-order valence-electron chi connectivity index (χ3n) is 5.24. The molecular formula is C15H26N2O2. The van der Waals surface area contributed by atoms with E-state index >= 15 is 0 Å². The molecule has 1 amide bonds. The zero-order valence-electron chi connectivity index (χ0n) is 11.9. The third kappa shape index (κ3) is 2.95. The van der Waals surface area contributed by atoms with Gasteiger partial charge in [-0.25, -0.2) is 0 Å². The van der Waals surface area contributed by atoms with Gasteiger partial charge < -0.3 is 15.4 Å². The topological polar surface area (TPSA) is 50.4 Å². The van der Waals surface area contributed by atoms with Crippen LogP contribution in [0.25, 0.3) is 0 Å². The van der Waals surface area contributed by atoms with Gasteiger partial charge in [-0.05, 0) is 38.0 Å². The summed E-state index contributed by atoms with van der Waals surface area (Å²) in [6.45, 7) is 3.46. The number of hydrogen-bond donors (Lipinski definition) is 2. The molecule has 1 aliphatic heterocycles. The Kier molecular flexibility index (Phi) is 4.08. The lowest BCUT2D eigenvalue weighted by molar-refractivity contribution is -0.130. The van der Waals surface area contributed by atoms with Gasteiger partial charge >= 0.3 is 0 Å². The second-order valence-corrected chi connectivity index (χ2v) is 6.48. The van der Waals surface area contributed by atoms with Gasteiger partial charge in [0.1, 0.15) is 6.04 Å². The lowest BCUT2D eigenvalue weighted by Crippen LogP contribution is -2.57. The molecule has 108 valence electrons. The average Bonchev–Trinajstić information content (AvgIpc) is 2.86. The van der Waals surface area contributed by atoms with Gasteiger partial charge in [0, 0.05) is 12.6 Å². The van der Waals surface area contributed by atoms with Crippen molar-refractivity contribution in [2.45, 2.75) is 63.6 Å². The summed E-state index contributed by atoms with van der Waals surface area (Å²) in [7, 11) is 0. The predicted octanol–water partition coefficient (Wildman–Crippen LogP) is 1.45. The summed E-state index contributed by atoms with van der Waals surface area (Å²) in [5.74, 6) is 1.95. The Bertz CT molecular complexity index is 334. The van der Waals surface area contributed by atoms with Crippen LogP contribution in [0.3, 0.4) is 0 Å². The normalized spacial score (nSPS) is 42.7. The molecule has 0 aromatic rings. The fourth-order valence-electron chi connectivity index (χ4n) is 4.15. The summed E-state index contributed by atoms with van der Waals surface area (Å²) >= 11 is 0. The van der Waals surface area contributed by atoms with E-state index in [9.17, 15) is 4.79 Å². The van der Waals surface area contributed by atoms with Gasteiger partial charge in [0.15, 0.2) is 0 Å². The summed E-state index contributed by atoms with van der Waals surface area (Å²) in [4.78, 5) is 12.3. The van der Waals surface area contributed by atoms with E-state index in [-0.39, 0.29) is 18.1 Å². The molecule has 0 spiro atoms. The first-order valence-electron chi connectivity index (χ1n) is 7.89. The van der Waals surface area contributed by atoms with Crippen LogP contribution in [0, 0.1) is 11.8 Å². The minimum Gasteiger partial charge on any atom is -0.375 e. The van der Waals surface area contributed by atoms with Gasteiger partial charge in [0.05, 0.1) is 12.7 Å². The zero-order valence-corrected chi connectivity index (χ0v) is 11.9. The largest absolute Gasteiger partial charge is 0.375 e. The highest BCUT2D eigenvalue weighted by molar-refractivity contribution is 5.82. The fraction of sp³-hybridized carbons (Fsp3) is 0.933. The minimum absolute atomic E-state index is 0.0171. The molecule has 5 atom stereocenters. The standard InChI is InChI=1S/C15H26N2O2/c1-10-14(16-7-8-19-10)15(18)17-13-6-5-11-3-2-4-12(11)9-13/h10-14,16H,2-9H2,1H3,(H,17,18)/t10-,11?,12?,13?,14+/m1/s1. The first-order valence-corrected chi connectivity index (χ1v) is 7.89. The van der Waals surface area contributed by atoms with Crippen molar-refractivity contribution in [3.63, 3.8) is 0 Å². The van der Waals surface area contributed by atoms with Crippen molar-refractivity contribution in [3.8, 4) is 0 Å². The van der Waals surface area contributed by atoms with Crippen LogP contribution in [0.2, 0.25) is 0 Å². The van der Waals surface area contributed by atoms with Crippen molar-refractivity contribution in [2.75, 3.05) is 13.2 Å². The van der Waals surface area contributed by atoms with Crippen molar-refractivity contribution in [1.29, 1.82) is 0 Å². The Morgan fingerprint density at radius 3 is 2.89 bits per heavy atom. The van der Waals surface area contributed by atoms with E-state index in [0.717, 1.165) is 24.8 Å². The number of rotatable bonds is 2. The number of ether oxygens (including phenoxy) is 1. The van der Waals surface area contributed by atoms with Crippen molar-refractivity contribution >= 4 is 5.91 Å². The second-order valence-electron chi connectivity index (χ2n) is 6.48. The molecule has 3 unspecified atom stereocenters. The van der Waals surface area contributed by atoms with Crippen LogP contribution in [0.15, 0.2) is 0 Å². The highest BCUT2D eigenvalue weighted by atomic mass is 16.5. The lowest BCUT2D eigenvalue weighted by Gasteiger charge is -2.35. The first-order chi connectivity index (χ1) is 9.24. The summed E-state index contributed by atoms with van der Waals surface area (Å²) < 4.78 is 5.55. The van der Waals surface area contributed by atoms with Gasteiger partial charge in [0.25, 0.3) is 0 Å². The Hall–Kier alpha value is -0.610. The molecular weight excluding hydrogens is 240 g/mol. The highest BCUT2D eigenvalue weighted by Gasteiger charge is 2.36. The second kappa shape index (κ2) is 5.80. The maximum atomic E-state index is 12.3. The van der Waals surface area contributed by atoms with E-state index in [1.54, 1.807) is 0 Å². The smallest absolute Gasteiger partial charge is 0.240 e. The van der Waals surface area contributed by atoms with Crippen molar-refractivity contribution in [1.82, 2.24) is 10.6 Å². The van der Waals surface area contributed by atoms with Gasteiger partial charge in [-0.2, -0.15) is 0 Å². The van der Waals surface area contributed by atoms with Gasteiger partial charge in [-0.3, -0.25) is 4.79 Å². The molecule has 3 fully saturated rings. The van der Waals surface area contributed by atoms with E-state index < -0.39 is 0 Å². The minimum atomic E-state index is -0.171. The molecule has 0 aromatic heterocycles. The summed E-state index contributed by atoms with van der Waals surface area (Å²) in [6, 6.07) is 0.220. The zero-order chi connectivity index (χ0) is 13.2. The highest BCUT2D eigenvalue weighted by Crippen LogP contribution is 2.42. The fourth-order valence-corrected chi connectivity index (χ4v) is 4.15. The summed E-state index contributed by atoms with van der Waals surface area (Å²) in [5, 5.41) is 6.52. The van der Waals surface area contributed by atoms with E-state index in [4.69, 9.17) is 4.74 Å².